The van der Waals surface area contributed by atoms with Gasteiger partial charge in [-0.05, 0) is 0 Å². The molecule has 1 aromatic rings. The van der Waals surface area contributed by atoms with Gasteiger partial charge in [0.05, 0.1) is 36.5 Å². The number of nitrogens with one attached hydrogen (secondary N) is 2. The number of nitrogen functional groups attached to an aromatic ring is 1. The molecule has 0 spiro atoms. The summed E-state index contributed by atoms with van der Waals surface area (Å²) in [5, 5.41) is 31.9. The number of nitrogens with two attached hydrogens (primary N) is 1. The lowest BCUT2D eigenvalue weighted by molar-refractivity contribution is 0.0189. The third-order valence-corrected chi connectivity index (χ3v) is 3.74. The molecule has 1 fully saturated rings. The average Bonchev–Trinajstić information content (AvgIpc) is 2.93. The van der Waals surface area contributed by atoms with Crippen molar-refractivity contribution in [3.63, 3.8) is 0 Å². The molecule has 0 saturated carbocycles. The molecular formula is C11H15N5O4. The zero-order valence-electron chi connectivity index (χ0n) is 10.4. The van der Waals surface area contributed by atoms with Crippen molar-refractivity contribution >= 4 is 17.9 Å². The molecule has 3 heterocycles. The molecule has 9 nitrogen and oxygen atoms in total. The van der Waals surface area contributed by atoms with Crippen LogP contribution in [0.5, 0.6) is 0 Å². The number of aromatic nitrogens is 2. The lowest BCUT2D eigenvalue weighted by Crippen LogP contribution is -2.40. The van der Waals surface area contributed by atoms with Gasteiger partial charge in [-0.25, -0.2) is 4.98 Å². The zero-order chi connectivity index (χ0) is 14.4. The van der Waals surface area contributed by atoms with Gasteiger partial charge >= 0.3 is 0 Å². The summed E-state index contributed by atoms with van der Waals surface area (Å²) in [6.07, 6.45) is -0.710. The highest BCUT2D eigenvalue weighted by Crippen LogP contribution is 2.34. The summed E-state index contributed by atoms with van der Waals surface area (Å²) in [6.45, 7) is -0.309. The Labute approximate surface area is 113 Å². The van der Waals surface area contributed by atoms with Gasteiger partial charge in [0.2, 0.25) is 5.95 Å². The van der Waals surface area contributed by atoms with E-state index >= 15 is 0 Å². The van der Waals surface area contributed by atoms with Crippen LogP contribution in [-0.2, 0) is 0 Å². The molecule has 0 bridgehead atoms. The van der Waals surface area contributed by atoms with Crippen LogP contribution in [-0.4, -0.2) is 62.4 Å². The maximum absolute atomic E-state index is 11.7. The van der Waals surface area contributed by atoms with Crippen molar-refractivity contribution in [3.8, 4) is 0 Å². The number of fused-ring (bicyclic) bond motifs is 1. The number of hydrogen-bond donors (Lipinski definition) is 6. The van der Waals surface area contributed by atoms with Gasteiger partial charge in [-0.2, -0.15) is 0 Å². The van der Waals surface area contributed by atoms with E-state index in [0.717, 1.165) is 0 Å². The van der Waals surface area contributed by atoms with Crippen molar-refractivity contribution < 1.29 is 15.3 Å². The van der Waals surface area contributed by atoms with E-state index in [0.29, 0.717) is 5.69 Å². The van der Waals surface area contributed by atoms with Gasteiger partial charge in [0.1, 0.15) is 0 Å². The predicted molar refractivity (Wildman–Crippen MR) is 70.0 cm³/mol. The summed E-state index contributed by atoms with van der Waals surface area (Å²) in [5.74, 6) is -0.521. The number of aliphatic imine (C=N–C) groups is 1. The molecule has 1 saturated heterocycles. The Balaban J connectivity index is 1.96. The normalized spacial score (nSPS) is 35.5. The van der Waals surface area contributed by atoms with Crippen LogP contribution >= 0.6 is 0 Å². The first-order valence-electron chi connectivity index (χ1n) is 6.20. The summed E-state index contributed by atoms with van der Waals surface area (Å²) < 4.78 is 0. The molecule has 0 amide bonds. The minimum absolute atomic E-state index is 0.0315. The van der Waals surface area contributed by atoms with Crippen molar-refractivity contribution in [2.45, 2.75) is 30.2 Å². The zero-order valence-corrected chi connectivity index (χ0v) is 10.4. The Morgan fingerprint density at radius 1 is 1.35 bits per heavy atom. The molecule has 2 aliphatic heterocycles. The second kappa shape index (κ2) is 4.63. The predicted octanol–water partition coefficient (Wildman–Crippen LogP) is -2.79. The highest BCUT2D eigenvalue weighted by Gasteiger charge is 2.46. The molecule has 9 heteroatoms. The monoisotopic (exact) mass is 281 g/mol. The van der Waals surface area contributed by atoms with Crippen LogP contribution in [0.15, 0.2) is 9.79 Å². The SMILES string of the molecule is Nc1nc2c(c(=O)[nH]1)N=CC2[C@@H]1N[C@H](CO)[C@@H](O)[C@H]1O. The van der Waals surface area contributed by atoms with E-state index in [9.17, 15) is 15.0 Å². The van der Waals surface area contributed by atoms with E-state index in [4.69, 9.17) is 10.8 Å². The Hall–Kier alpha value is -1.81. The van der Waals surface area contributed by atoms with Gasteiger partial charge in [-0.1, -0.05) is 0 Å². The summed E-state index contributed by atoms with van der Waals surface area (Å²) in [7, 11) is 0. The molecule has 108 valence electrons. The molecule has 3 rings (SSSR count). The van der Waals surface area contributed by atoms with E-state index in [-0.39, 0.29) is 18.2 Å². The molecule has 0 radical (unpaired) electrons. The van der Waals surface area contributed by atoms with Crippen molar-refractivity contribution in [1.29, 1.82) is 0 Å². The Kier molecular flexibility index (Phi) is 3.05. The van der Waals surface area contributed by atoms with Crippen LogP contribution in [0.1, 0.15) is 11.6 Å². The van der Waals surface area contributed by atoms with E-state index in [1.165, 1.54) is 6.21 Å². The maximum atomic E-state index is 11.7. The largest absolute Gasteiger partial charge is 0.395 e. The smallest absolute Gasteiger partial charge is 0.278 e. The molecule has 20 heavy (non-hydrogen) atoms. The van der Waals surface area contributed by atoms with E-state index in [2.05, 4.69) is 20.3 Å². The quantitative estimate of drug-likeness (QED) is 0.342. The van der Waals surface area contributed by atoms with Crippen LogP contribution in [0.25, 0.3) is 0 Å². The third kappa shape index (κ3) is 1.83. The third-order valence-electron chi connectivity index (χ3n) is 3.74. The molecule has 1 aromatic heterocycles. The van der Waals surface area contributed by atoms with Crippen molar-refractivity contribution in [2.75, 3.05) is 12.3 Å². The first kappa shape index (κ1) is 13.2. The Morgan fingerprint density at radius 3 is 2.75 bits per heavy atom. The average molecular weight is 281 g/mol. The van der Waals surface area contributed by atoms with Gasteiger partial charge in [-0.15, -0.1) is 0 Å². The van der Waals surface area contributed by atoms with Crippen LogP contribution < -0.4 is 16.6 Å². The first-order valence-corrected chi connectivity index (χ1v) is 6.20. The fraction of sp³-hybridized carbons (Fsp3) is 0.545. The number of H-pyrrole nitrogens is 1. The van der Waals surface area contributed by atoms with E-state index < -0.39 is 35.8 Å². The van der Waals surface area contributed by atoms with Crippen LogP contribution in [0, 0.1) is 0 Å². The summed E-state index contributed by atoms with van der Waals surface area (Å²) in [6, 6.07) is -1.23. The number of hydrogen-bond acceptors (Lipinski definition) is 8. The highest BCUT2D eigenvalue weighted by atomic mass is 16.3. The van der Waals surface area contributed by atoms with Crippen molar-refractivity contribution in [2.24, 2.45) is 4.99 Å². The molecule has 0 aromatic carbocycles. The maximum Gasteiger partial charge on any atom is 0.278 e. The minimum Gasteiger partial charge on any atom is -0.395 e. The number of nitrogens with zero attached hydrogens (tertiary/aromatic N) is 2. The highest BCUT2D eigenvalue weighted by molar-refractivity contribution is 5.80. The number of aromatic amines is 1. The Bertz CT molecular complexity index is 615. The number of anilines is 1. The molecule has 1 unspecified atom stereocenters. The second-order valence-electron chi connectivity index (χ2n) is 4.95. The fourth-order valence-electron chi connectivity index (χ4n) is 2.72. The summed E-state index contributed by atoms with van der Waals surface area (Å²) in [4.78, 5) is 22.1. The molecule has 7 N–H and O–H groups in total. The number of rotatable bonds is 2. The number of aliphatic hydroxyl groups is 3. The lowest BCUT2D eigenvalue weighted by Gasteiger charge is -2.20. The van der Waals surface area contributed by atoms with E-state index in [1.807, 2.05) is 0 Å². The summed E-state index contributed by atoms with van der Waals surface area (Å²) in [5.41, 5.74) is 5.58. The Morgan fingerprint density at radius 2 is 2.10 bits per heavy atom. The summed E-state index contributed by atoms with van der Waals surface area (Å²) >= 11 is 0. The van der Waals surface area contributed by atoms with Crippen LogP contribution in [0.2, 0.25) is 0 Å². The fourth-order valence-corrected chi connectivity index (χ4v) is 2.72. The minimum atomic E-state index is -1.10. The van der Waals surface area contributed by atoms with Crippen molar-refractivity contribution in [3.05, 3.63) is 16.0 Å². The second-order valence-corrected chi connectivity index (χ2v) is 4.95. The number of aliphatic hydroxyl groups excluding tert-OH is 3. The molecule has 0 aliphatic carbocycles. The van der Waals surface area contributed by atoms with E-state index in [1.54, 1.807) is 0 Å². The molecule has 2 aliphatic rings. The van der Waals surface area contributed by atoms with Crippen LogP contribution in [0.4, 0.5) is 11.6 Å². The van der Waals surface area contributed by atoms with Gasteiger partial charge in [0, 0.05) is 12.3 Å². The van der Waals surface area contributed by atoms with Gasteiger partial charge in [-0.3, -0.25) is 14.8 Å². The van der Waals surface area contributed by atoms with Gasteiger partial charge in [0.25, 0.3) is 5.56 Å². The topological polar surface area (TPSA) is 157 Å². The van der Waals surface area contributed by atoms with Crippen LogP contribution in [0.3, 0.4) is 0 Å². The first-order chi connectivity index (χ1) is 9.52. The molecular weight excluding hydrogens is 266 g/mol. The van der Waals surface area contributed by atoms with Crippen molar-refractivity contribution in [1.82, 2.24) is 15.3 Å². The lowest BCUT2D eigenvalue weighted by atomic mass is 9.94. The van der Waals surface area contributed by atoms with Gasteiger partial charge in [0.15, 0.2) is 5.69 Å². The standard InChI is InChI=1S/C11H15N5O4/c12-11-15-5-3(1-13-7(5)10(20)16-11)6-9(19)8(18)4(2-17)14-6/h1,3-4,6,8-9,14,17-19H,2H2,(H3,12,15,16,20)/t3?,4-,6+,8-,9+/m1/s1. The van der Waals surface area contributed by atoms with Gasteiger partial charge < -0.3 is 26.4 Å². The molecule has 5 atom stereocenters.